The van der Waals surface area contributed by atoms with Gasteiger partial charge in [0.05, 0.1) is 6.04 Å². The van der Waals surface area contributed by atoms with E-state index in [-0.39, 0.29) is 11.9 Å². The van der Waals surface area contributed by atoms with Gasteiger partial charge in [0.15, 0.2) is 0 Å². The maximum absolute atomic E-state index is 12.7. The number of rotatable bonds is 4. The Morgan fingerprint density at radius 2 is 1.71 bits per heavy atom. The van der Waals surface area contributed by atoms with E-state index in [1.807, 2.05) is 24.8 Å². The van der Waals surface area contributed by atoms with Crippen LogP contribution >= 0.6 is 11.3 Å². The number of likely N-dealkylation sites (tertiary alicyclic amines) is 1. The zero-order valence-corrected chi connectivity index (χ0v) is 15.9. The van der Waals surface area contributed by atoms with Crippen molar-refractivity contribution in [3.05, 3.63) is 17.0 Å². The van der Waals surface area contributed by atoms with E-state index in [1.54, 1.807) is 10.4 Å². The quantitative estimate of drug-likeness (QED) is 0.802. The van der Waals surface area contributed by atoms with Crippen LogP contribution in [0.3, 0.4) is 0 Å². The number of carbonyl (C=O) groups is 1. The molecule has 24 heavy (non-hydrogen) atoms. The van der Waals surface area contributed by atoms with Crippen LogP contribution in [-0.4, -0.2) is 73.7 Å². The summed E-state index contributed by atoms with van der Waals surface area (Å²) in [6, 6.07) is 3.35. The molecule has 1 atom stereocenters. The van der Waals surface area contributed by atoms with Crippen LogP contribution < -0.4 is 0 Å². The summed E-state index contributed by atoms with van der Waals surface area (Å²) in [6.45, 7) is 7.65. The smallest absolute Gasteiger partial charge is 0.252 e. The lowest BCUT2D eigenvalue weighted by Crippen LogP contribution is -2.55. The Kier molecular flexibility index (Phi) is 5.29. The molecule has 1 amide bonds. The molecule has 2 aliphatic heterocycles. The van der Waals surface area contributed by atoms with Crippen LogP contribution in [0.2, 0.25) is 0 Å². The van der Waals surface area contributed by atoms with Gasteiger partial charge < -0.3 is 4.90 Å². The van der Waals surface area contributed by atoms with Gasteiger partial charge in [-0.25, -0.2) is 8.42 Å². The van der Waals surface area contributed by atoms with E-state index in [4.69, 9.17) is 0 Å². The number of hydrogen-bond acceptors (Lipinski definition) is 5. The zero-order valence-electron chi connectivity index (χ0n) is 14.3. The van der Waals surface area contributed by atoms with Crippen molar-refractivity contribution in [3.63, 3.8) is 0 Å². The summed E-state index contributed by atoms with van der Waals surface area (Å²) in [5.74, 6) is 0.178. The molecule has 134 valence electrons. The van der Waals surface area contributed by atoms with Gasteiger partial charge in [0, 0.05) is 44.1 Å². The predicted molar refractivity (Wildman–Crippen MR) is 94.7 cm³/mol. The third-order valence-electron chi connectivity index (χ3n) is 4.91. The van der Waals surface area contributed by atoms with Crippen molar-refractivity contribution in [1.82, 2.24) is 14.1 Å². The first-order valence-corrected chi connectivity index (χ1v) is 10.7. The van der Waals surface area contributed by atoms with Crippen molar-refractivity contribution in [3.8, 4) is 0 Å². The molecule has 3 rings (SSSR count). The molecular formula is C16H25N3O3S2. The minimum atomic E-state index is -3.40. The molecule has 2 fully saturated rings. The van der Waals surface area contributed by atoms with Crippen LogP contribution in [0.15, 0.2) is 16.3 Å². The SMILES string of the molecule is Cc1ccc(S(=O)(=O)N2CCN(C(C)C(=O)N3CCCC3)CC2)s1. The molecule has 0 aromatic carbocycles. The zero-order chi connectivity index (χ0) is 17.3. The number of sulfonamides is 1. The molecule has 1 aromatic rings. The number of thiophene rings is 1. The first-order valence-electron chi connectivity index (χ1n) is 8.49. The molecule has 0 spiro atoms. The molecule has 0 N–H and O–H groups in total. The lowest BCUT2D eigenvalue weighted by molar-refractivity contribution is -0.135. The summed E-state index contributed by atoms with van der Waals surface area (Å²) >= 11 is 1.31. The van der Waals surface area contributed by atoms with Crippen LogP contribution in [0.4, 0.5) is 0 Å². The lowest BCUT2D eigenvalue weighted by Gasteiger charge is -2.37. The third-order valence-corrected chi connectivity index (χ3v) is 8.27. The topological polar surface area (TPSA) is 60.9 Å². The molecule has 3 heterocycles. The van der Waals surface area contributed by atoms with E-state index in [9.17, 15) is 13.2 Å². The van der Waals surface area contributed by atoms with Crippen molar-refractivity contribution in [2.75, 3.05) is 39.3 Å². The summed E-state index contributed by atoms with van der Waals surface area (Å²) in [6.07, 6.45) is 2.18. The van der Waals surface area contributed by atoms with Crippen molar-refractivity contribution in [2.45, 2.75) is 36.9 Å². The van der Waals surface area contributed by atoms with Gasteiger partial charge >= 0.3 is 0 Å². The van der Waals surface area contributed by atoms with Crippen LogP contribution in [0.5, 0.6) is 0 Å². The summed E-state index contributed by atoms with van der Waals surface area (Å²) < 4.78 is 27.3. The predicted octanol–water partition coefficient (Wildman–Crippen LogP) is 1.37. The largest absolute Gasteiger partial charge is 0.341 e. The summed E-state index contributed by atoms with van der Waals surface area (Å²) in [5.41, 5.74) is 0. The number of piperazine rings is 1. The maximum Gasteiger partial charge on any atom is 0.252 e. The summed E-state index contributed by atoms with van der Waals surface area (Å²) in [4.78, 5) is 17.5. The minimum absolute atomic E-state index is 0.170. The Labute approximate surface area is 148 Å². The van der Waals surface area contributed by atoms with E-state index in [0.29, 0.717) is 30.4 Å². The highest BCUT2D eigenvalue weighted by Crippen LogP contribution is 2.25. The first-order chi connectivity index (χ1) is 11.4. The number of hydrogen-bond donors (Lipinski definition) is 0. The van der Waals surface area contributed by atoms with Crippen molar-refractivity contribution < 1.29 is 13.2 Å². The van der Waals surface area contributed by atoms with Gasteiger partial charge in [0.1, 0.15) is 4.21 Å². The van der Waals surface area contributed by atoms with Gasteiger partial charge in [-0.15, -0.1) is 11.3 Å². The fraction of sp³-hybridized carbons (Fsp3) is 0.688. The second-order valence-electron chi connectivity index (χ2n) is 6.51. The molecule has 2 saturated heterocycles. The molecule has 0 radical (unpaired) electrons. The van der Waals surface area contributed by atoms with Gasteiger partial charge in [-0.1, -0.05) is 0 Å². The van der Waals surface area contributed by atoms with Crippen molar-refractivity contribution >= 4 is 27.3 Å². The average molecular weight is 372 g/mol. The number of nitrogens with zero attached hydrogens (tertiary/aromatic N) is 3. The Balaban J connectivity index is 1.60. The Morgan fingerprint density at radius 1 is 1.08 bits per heavy atom. The molecular weight excluding hydrogens is 346 g/mol. The normalized spacial score (nSPS) is 22.0. The molecule has 1 aromatic heterocycles. The molecule has 0 aliphatic carbocycles. The fourth-order valence-corrected chi connectivity index (χ4v) is 6.23. The second kappa shape index (κ2) is 7.11. The highest BCUT2D eigenvalue weighted by Gasteiger charge is 2.34. The molecule has 0 saturated carbocycles. The number of aryl methyl sites for hydroxylation is 1. The molecule has 6 nitrogen and oxygen atoms in total. The lowest BCUT2D eigenvalue weighted by atomic mass is 10.2. The van der Waals surface area contributed by atoms with Crippen LogP contribution in [-0.2, 0) is 14.8 Å². The maximum atomic E-state index is 12.7. The summed E-state index contributed by atoms with van der Waals surface area (Å²) in [7, 11) is -3.40. The van der Waals surface area contributed by atoms with E-state index < -0.39 is 10.0 Å². The molecule has 8 heteroatoms. The monoisotopic (exact) mass is 371 g/mol. The van der Waals surface area contributed by atoms with E-state index >= 15 is 0 Å². The van der Waals surface area contributed by atoms with Gasteiger partial charge in [-0.2, -0.15) is 4.31 Å². The van der Waals surface area contributed by atoms with Gasteiger partial charge in [-0.05, 0) is 38.8 Å². The Morgan fingerprint density at radius 3 is 2.25 bits per heavy atom. The van der Waals surface area contributed by atoms with E-state index in [2.05, 4.69) is 4.90 Å². The highest BCUT2D eigenvalue weighted by atomic mass is 32.2. The Hall–Kier alpha value is -0.960. The average Bonchev–Trinajstić information content (AvgIpc) is 3.25. The summed E-state index contributed by atoms with van der Waals surface area (Å²) in [5, 5.41) is 0. The second-order valence-corrected chi connectivity index (χ2v) is 9.97. The van der Waals surface area contributed by atoms with Crippen molar-refractivity contribution in [2.24, 2.45) is 0 Å². The molecule has 2 aliphatic rings. The molecule has 1 unspecified atom stereocenters. The van der Waals surface area contributed by atoms with Crippen LogP contribution in [0.1, 0.15) is 24.6 Å². The van der Waals surface area contributed by atoms with E-state index in [1.165, 1.54) is 11.3 Å². The number of carbonyl (C=O) groups excluding carboxylic acids is 1. The van der Waals surface area contributed by atoms with E-state index in [0.717, 1.165) is 30.8 Å². The number of amides is 1. The van der Waals surface area contributed by atoms with Crippen LogP contribution in [0.25, 0.3) is 0 Å². The van der Waals surface area contributed by atoms with Gasteiger partial charge in [0.2, 0.25) is 5.91 Å². The van der Waals surface area contributed by atoms with Crippen LogP contribution in [0, 0.1) is 6.92 Å². The standard InChI is InChI=1S/C16H25N3O3S2/c1-13-5-6-15(23-13)24(21,22)19-11-9-17(10-12-19)14(2)16(20)18-7-3-4-8-18/h5-6,14H,3-4,7-12H2,1-2H3. The van der Waals surface area contributed by atoms with Crippen molar-refractivity contribution in [1.29, 1.82) is 0 Å². The van der Waals surface area contributed by atoms with Gasteiger partial charge in [0.25, 0.3) is 10.0 Å². The van der Waals surface area contributed by atoms with Gasteiger partial charge in [-0.3, -0.25) is 9.69 Å². The highest BCUT2D eigenvalue weighted by molar-refractivity contribution is 7.91. The Bertz CT molecular complexity index is 687. The third kappa shape index (κ3) is 3.51. The molecule has 0 bridgehead atoms. The fourth-order valence-electron chi connectivity index (χ4n) is 3.37. The minimum Gasteiger partial charge on any atom is -0.341 e. The first kappa shape index (κ1) is 17.8.